The summed E-state index contributed by atoms with van der Waals surface area (Å²) in [6, 6.07) is -0.484. The molecule has 0 aliphatic rings. The van der Waals surface area contributed by atoms with E-state index in [0.29, 0.717) is 19.4 Å². The molecule has 0 spiro atoms. The minimum atomic E-state index is -0.484. The van der Waals surface area contributed by atoms with Crippen LogP contribution in [0.3, 0.4) is 0 Å². The summed E-state index contributed by atoms with van der Waals surface area (Å²) in [6.07, 6.45) is 2.54. The lowest BCUT2D eigenvalue weighted by molar-refractivity contribution is -0.128. The Labute approximate surface area is 108 Å². The monoisotopic (exact) mass is 257 g/mol. The molecular formula is C12H23N3O3. The van der Waals surface area contributed by atoms with E-state index in [1.807, 2.05) is 0 Å². The Morgan fingerprint density at radius 1 is 1.17 bits per heavy atom. The van der Waals surface area contributed by atoms with Gasteiger partial charge in [0.05, 0.1) is 12.6 Å². The van der Waals surface area contributed by atoms with Crippen molar-refractivity contribution in [3.05, 3.63) is 0 Å². The Hall–Kier alpha value is -1.43. The standard InChI is InChI=1S/C12H23N3O3/c1-3-11(17)14-8-12(18)15-10(9(2)16)6-4-5-7-13/h10H,3-8,13H2,1-2H3,(H,14,17)(H,15,18)/t10-/m0/s1. The summed E-state index contributed by atoms with van der Waals surface area (Å²) >= 11 is 0. The van der Waals surface area contributed by atoms with Crippen LogP contribution in [-0.4, -0.2) is 36.7 Å². The number of carbonyl (C=O) groups is 3. The van der Waals surface area contributed by atoms with Crippen LogP contribution in [0.2, 0.25) is 0 Å². The van der Waals surface area contributed by atoms with Gasteiger partial charge in [-0.1, -0.05) is 6.92 Å². The Bertz CT molecular complexity index is 292. The molecule has 1 atom stereocenters. The van der Waals surface area contributed by atoms with E-state index in [1.165, 1.54) is 6.92 Å². The number of unbranched alkanes of at least 4 members (excludes halogenated alkanes) is 1. The highest BCUT2D eigenvalue weighted by molar-refractivity contribution is 5.89. The second-order valence-electron chi connectivity index (χ2n) is 4.15. The molecule has 6 nitrogen and oxygen atoms in total. The summed E-state index contributed by atoms with van der Waals surface area (Å²) in [5, 5.41) is 5.07. The number of hydrogen-bond donors (Lipinski definition) is 3. The number of carbonyl (C=O) groups excluding carboxylic acids is 3. The summed E-state index contributed by atoms with van der Waals surface area (Å²) in [5.41, 5.74) is 5.37. The average Bonchev–Trinajstić information content (AvgIpc) is 2.34. The van der Waals surface area contributed by atoms with Gasteiger partial charge in [-0.05, 0) is 32.7 Å². The van der Waals surface area contributed by atoms with Crippen LogP contribution in [0.15, 0.2) is 0 Å². The minimum Gasteiger partial charge on any atom is -0.347 e. The number of Topliss-reactive ketones (excluding diaryl/α,β-unsaturated/α-hetero) is 1. The Kier molecular flexibility index (Phi) is 8.82. The molecule has 0 heterocycles. The molecule has 0 radical (unpaired) electrons. The maximum Gasteiger partial charge on any atom is 0.239 e. The van der Waals surface area contributed by atoms with Gasteiger partial charge in [-0.25, -0.2) is 0 Å². The van der Waals surface area contributed by atoms with Crippen LogP contribution in [0, 0.1) is 0 Å². The van der Waals surface area contributed by atoms with Crippen molar-refractivity contribution in [1.82, 2.24) is 10.6 Å². The highest BCUT2D eigenvalue weighted by Gasteiger charge is 2.16. The molecule has 4 N–H and O–H groups in total. The fourth-order valence-electron chi connectivity index (χ4n) is 1.42. The van der Waals surface area contributed by atoms with Gasteiger partial charge >= 0.3 is 0 Å². The summed E-state index contributed by atoms with van der Waals surface area (Å²) in [7, 11) is 0. The van der Waals surface area contributed by atoms with Gasteiger partial charge in [-0.15, -0.1) is 0 Å². The highest BCUT2D eigenvalue weighted by Crippen LogP contribution is 2.01. The quantitative estimate of drug-likeness (QED) is 0.494. The fraction of sp³-hybridized carbons (Fsp3) is 0.750. The smallest absolute Gasteiger partial charge is 0.239 e. The lowest BCUT2D eigenvalue weighted by atomic mass is 10.1. The van der Waals surface area contributed by atoms with Gasteiger partial charge in [-0.3, -0.25) is 14.4 Å². The van der Waals surface area contributed by atoms with Crippen LogP contribution in [0.1, 0.15) is 39.5 Å². The SMILES string of the molecule is CCC(=O)NCC(=O)N[C@@H](CCCCN)C(C)=O. The van der Waals surface area contributed by atoms with Gasteiger partial charge in [-0.2, -0.15) is 0 Å². The van der Waals surface area contributed by atoms with E-state index in [2.05, 4.69) is 10.6 Å². The van der Waals surface area contributed by atoms with Crippen molar-refractivity contribution >= 4 is 17.6 Å². The van der Waals surface area contributed by atoms with Gasteiger partial charge < -0.3 is 16.4 Å². The summed E-state index contributed by atoms with van der Waals surface area (Å²) in [6.45, 7) is 3.63. The first-order valence-corrected chi connectivity index (χ1v) is 6.27. The lowest BCUT2D eigenvalue weighted by Gasteiger charge is -2.15. The molecule has 0 bridgehead atoms. The molecule has 0 saturated heterocycles. The van der Waals surface area contributed by atoms with Gasteiger partial charge in [0.15, 0.2) is 5.78 Å². The van der Waals surface area contributed by atoms with Crippen molar-refractivity contribution in [1.29, 1.82) is 0 Å². The van der Waals surface area contributed by atoms with Gasteiger partial charge in [0.1, 0.15) is 0 Å². The first-order chi connectivity index (χ1) is 8.51. The van der Waals surface area contributed by atoms with E-state index in [-0.39, 0.29) is 24.1 Å². The zero-order chi connectivity index (χ0) is 14.0. The van der Waals surface area contributed by atoms with Crippen molar-refractivity contribution < 1.29 is 14.4 Å². The average molecular weight is 257 g/mol. The number of hydrogen-bond acceptors (Lipinski definition) is 4. The van der Waals surface area contributed by atoms with Gasteiger partial charge in [0.25, 0.3) is 0 Å². The van der Waals surface area contributed by atoms with Crippen LogP contribution in [0.5, 0.6) is 0 Å². The summed E-state index contributed by atoms with van der Waals surface area (Å²) in [5.74, 6) is -0.611. The third-order valence-electron chi connectivity index (χ3n) is 2.54. The van der Waals surface area contributed by atoms with E-state index in [9.17, 15) is 14.4 Å². The Morgan fingerprint density at radius 2 is 1.83 bits per heavy atom. The third kappa shape index (κ3) is 7.78. The topological polar surface area (TPSA) is 101 Å². The second kappa shape index (κ2) is 9.58. The molecule has 104 valence electrons. The van der Waals surface area contributed by atoms with Crippen LogP contribution < -0.4 is 16.4 Å². The van der Waals surface area contributed by atoms with Crippen LogP contribution in [0.25, 0.3) is 0 Å². The van der Waals surface area contributed by atoms with E-state index in [4.69, 9.17) is 5.73 Å². The molecular weight excluding hydrogens is 234 g/mol. The number of rotatable bonds is 9. The summed E-state index contributed by atoms with van der Waals surface area (Å²) in [4.78, 5) is 33.8. The molecule has 0 aromatic carbocycles. The molecule has 0 saturated carbocycles. The molecule has 0 aromatic heterocycles. The van der Waals surface area contributed by atoms with Crippen molar-refractivity contribution in [3.8, 4) is 0 Å². The molecule has 0 fully saturated rings. The highest BCUT2D eigenvalue weighted by atomic mass is 16.2. The lowest BCUT2D eigenvalue weighted by Crippen LogP contribution is -2.44. The molecule has 0 aliphatic heterocycles. The normalized spacial score (nSPS) is 11.7. The minimum absolute atomic E-state index is 0.0813. The molecule has 18 heavy (non-hydrogen) atoms. The predicted molar refractivity (Wildman–Crippen MR) is 68.8 cm³/mol. The molecule has 6 heteroatoms. The zero-order valence-electron chi connectivity index (χ0n) is 11.1. The fourth-order valence-corrected chi connectivity index (χ4v) is 1.42. The van der Waals surface area contributed by atoms with E-state index in [0.717, 1.165) is 12.8 Å². The van der Waals surface area contributed by atoms with Gasteiger partial charge in [0.2, 0.25) is 11.8 Å². The van der Waals surface area contributed by atoms with Gasteiger partial charge in [0, 0.05) is 6.42 Å². The van der Waals surface area contributed by atoms with Crippen molar-refractivity contribution in [2.24, 2.45) is 5.73 Å². The summed E-state index contributed by atoms with van der Waals surface area (Å²) < 4.78 is 0. The molecule has 0 aliphatic carbocycles. The third-order valence-corrected chi connectivity index (χ3v) is 2.54. The zero-order valence-corrected chi connectivity index (χ0v) is 11.1. The molecule has 2 amide bonds. The first-order valence-electron chi connectivity index (χ1n) is 6.27. The van der Waals surface area contributed by atoms with Crippen LogP contribution in [-0.2, 0) is 14.4 Å². The first kappa shape index (κ1) is 16.6. The number of nitrogens with one attached hydrogen (secondary N) is 2. The second-order valence-corrected chi connectivity index (χ2v) is 4.15. The number of ketones is 1. The molecule has 0 rings (SSSR count). The number of nitrogens with two attached hydrogens (primary N) is 1. The van der Waals surface area contributed by atoms with E-state index in [1.54, 1.807) is 6.92 Å². The molecule has 0 unspecified atom stereocenters. The van der Waals surface area contributed by atoms with Crippen molar-refractivity contribution in [2.45, 2.75) is 45.6 Å². The van der Waals surface area contributed by atoms with Crippen molar-refractivity contribution in [3.63, 3.8) is 0 Å². The van der Waals surface area contributed by atoms with Crippen LogP contribution >= 0.6 is 0 Å². The Balaban J connectivity index is 4.03. The van der Waals surface area contributed by atoms with Crippen molar-refractivity contribution in [2.75, 3.05) is 13.1 Å². The number of amides is 2. The van der Waals surface area contributed by atoms with E-state index < -0.39 is 6.04 Å². The molecule has 0 aromatic rings. The maximum absolute atomic E-state index is 11.5. The van der Waals surface area contributed by atoms with Crippen LogP contribution in [0.4, 0.5) is 0 Å². The Morgan fingerprint density at radius 3 is 2.33 bits per heavy atom. The predicted octanol–water partition coefficient (Wildman–Crippen LogP) is -0.285. The van der Waals surface area contributed by atoms with E-state index >= 15 is 0 Å². The maximum atomic E-state index is 11.5. The largest absolute Gasteiger partial charge is 0.347 e.